The quantitative estimate of drug-likeness (QED) is 0.336. The Labute approximate surface area is 239 Å². The number of nitrogens with one attached hydrogen (secondary N) is 1. The number of amides is 1. The maximum absolute atomic E-state index is 13.0. The molecule has 10 atom stereocenters. The Balaban J connectivity index is 1.18. The van der Waals surface area contributed by atoms with Gasteiger partial charge in [0.2, 0.25) is 5.91 Å². The Bertz CT molecular complexity index is 960. The Kier molecular flexibility index (Phi) is 8.87. The van der Waals surface area contributed by atoms with E-state index in [0.29, 0.717) is 23.3 Å². The van der Waals surface area contributed by atoms with Gasteiger partial charge in [0.1, 0.15) is 0 Å². The van der Waals surface area contributed by atoms with E-state index in [1.54, 1.807) is 0 Å². The lowest BCUT2D eigenvalue weighted by molar-refractivity contribution is -0.128. The van der Waals surface area contributed by atoms with Crippen LogP contribution in [0.15, 0.2) is 30.3 Å². The van der Waals surface area contributed by atoms with Gasteiger partial charge in [-0.3, -0.25) is 4.79 Å². The lowest BCUT2D eigenvalue weighted by Crippen LogP contribution is -2.56. The first-order valence-electron chi connectivity index (χ1n) is 16.7. The van der Waals surface area contributed by atoms with Gasteiger partial charge < -0.3 is 11.1 Å². The monoisotopic (exact) mass is 534 g/mol. The summed E-state index contributed by atoms with van der Waals surface area (Å²) >= 11 is 0. The van der Waals surface area contributed by atoms with Crippen molar-refractivity contribution in [2.24, 2.45) is 58.0 Å². The minimum absolute atomic E-state index is 0.0362. The topological polar surface area (TPSA) is 55.1 Å². The summed E-state index contributed by atoms with van der Waals surface area (Å²) in [4.78, 5) is 13.0. The maximum Gasteiger partial charge on any atom is 0.237 e. The van der Waals surface area contributed by atoms with Gasteiger partial charge in [0, 0.05) is 6.04 Å². The molecule has 0 aromatic heterocycles. The minimum atomic E-state index is -0.462. The van der Waals surface area contributed by atoms with Crippen molar-refractivity contribution in [2.75, 3.05) is 0 Å². The molecule has 2 unspecified atom stereocenters. The van der Waals surface area contributed by atoms with Gasteiger partial charge in [0.15, 0.2) is 0 Å². The van der Waals surface area contributed by atoms with Gasteiger partial charge in [-0.1, -0.05) is 84.2 Å². The number of carbonyl (C=O) groups excluding carboxylic acids is 1. The molecule has 3 nitrogen and oxygen atoms in total. The molecule has 4 fully saturated rings. The molecule has 4 saturated carbocycles. The molecule has 0 saturated heterocycles. The molecule has 5 rings (SSSR count). The lowest BCUT2D eigenvalue weighted by atomic mass is 9.44. The molecule has 1 aromatic rings. The zero-order valence-electron chi connectivity index (χ0n) is 25.8. The van der Waals surface area contributed by atoms with Crippen molar-refractivity contribution >= 4 is 5.91 Å². The van der Waals surface area contributed by atoms with Crippen LogP contribution in [0.5, 0.6) is 0 Å². The highest BCUT2D eigenvalue weighted by Gasteiger charge is 2.60. The summed E-state index contributed by atoms with van der Waals surface area (Å²) in [6, 6.07) is 10.0. The molecule has 1 amide bonds. The van der Waals surface area contributed by atoms with Crippen LogP contribution in [0.4, 0.5) is 0 Å². The molecular formula is C36H58N2O. The van der Waals surface area contributed by atoms with E-state index in [9.17, 15) is 4.79 Å². The minimum Gasteiger partial charge on any atom is -0.352 e. The van der Waals surface area contributed by atoms with Gasteiger partial charge in [0.25, 0.3) is 0 Å². The third kappa shape index (κ3) is 5.86. The summed E-state index contributed by atoms with van der Waals surface area (Å²) in [6.45, 7) is 12.7. The number of rotatable bonds is 9. The molecule has 1 aromatic carbocycles. The van der Waals surface area contributed by atoms with Crippen molar-refractivity contribution in [1.29, 1.82) is 0 Å². The second-order valence-corrected chi connectivity index (χ2v) is 15.5. The van der Waals surface area contributed by atoms with Crippen LogP contribution >= 0.6 is 0 Å². The average molecular weight is 535 g/mol. The van der Waals surface area contributed by atoms with Gasteiger partial charge in [-0.05, 0) is 122 Å². The molecule has 39 heavy (non-hydrogen) atoms. The van der Waals surface area contributed by atoms with Crippen molar-refractivity contribution in [1.82, 2.24) is 5.32 Å². The molecule has 3 N–H and O–H groups in total. The fraction of sp³-hybridized carbons (Fsp3) is 0.806. The number of fused-ring (bicyclic) bond motifs is 5. The van der Waals surface area contributed by atoms with E-state index in [0.717, 1.165) is 59.8 Å². The second-order valence-electron chi connectivity index (χ2n) is 15.5. The normalized spacial score (nSPS) is 39.4. The van der Waals surface area contributed by atoms with E-state index in [-0.39, 0.29) is 5.91 Å². The van der Waals surface area contributed by atoms with Crippen molar-refractivity contribution in [2.45, 2.75) is 130 Å². The summed E-state index contributed by atoms with van der Waals surface area (Å²) in [7, 11) is 0. The Morgan fingerprint density at radius 2 is 1.64 bits per heavy atom. The van der Waals surface area contributed by atoms with Crippen molar-refractivity contribution in [3.63, 3.8) is 0 Å². The number of nitrogens with two attached hydrogens (primary N) is 1. The van der Waals surface area contributed by atoms with Crippen molar-refractivity contribution in [3.8, 4) is 0 Å². The number of hydrogen-bond acceptors (Lipinski definition) is 2. The van der Waals surface area contributed by atoms with Crippen LogP contribution < -0.4 is 11.1 Å². The second kappa shape index (κ2) is 11.9. The zero-order valence-corrected chi connectivity index (χ0v) is 25.8. The molecule has 0 spiro atoms. The predicted molar refractivity (Wildman–Crippen MR) is 163 cm³/mol. The van der Waals surface area contributed by atoms with Crippen LogP contribution in [0.25, 0.3) is 0 Å². The number of carbonyl (C=O) groups is 1. The van der Waals surface area contributed by atoms with E-state index in [1.807, 2.05) is 18.2 Å². The Morgan fingerprint density at radius 3 is 2.38 bits per heavy atom. The molecular weight excluding hydrogens is 476 g/mol. The third-order valence-electron chi connectivity index (χ3n) is 12.8. The van der Waals surface area contributed by atoms with Gasteiger partial charge >= 0.3 is 0 Å². The van der Waals surface area contributed by atoms with Crippen molar-refractivity contribution < 1.29 is 4.79 Å². The number of hydrogen-bond donors (Lipinski definition) is 2. The van der Waals surface area contributed by atoms with Crippen LogP contribution in [0, 0.1) is 52.3 Å². The zero-order chi connectivity index (χ0) is 27.8. The van der Waals surface area contributed by atoms with Crippen LogP contribution in [-0.2, 0) is 11.2 Å². The standard InChI is InChI=1S/C36H58N2O/c1-24(2)10-9-11-25(3)30-16-17-31-29-15-14-27-23-28(18-20-35(27,4)32(29)19-21-36(30,31)5)38-34(39)33(37)22-26-12-7-6-8-13-26/h6-8,12-13,24-25,27-33H,9-11,14-23,37H2,1-5H3,(H,38,39)/t25-,27?,28?,29+,30-,31+,32+,33+,35+,36-/m1/s1. The first-order valence-corrected chi connectivity index (χ1v) is 16.7. The van der Waals surface area contributed by atoms with E-state index in [1.165, 1.54) is 64.2 Å². The molecule has 3 heteroatoms. The van der Waals surface area contributed by atoms with Gasteiger partial charge in [-0.2, -0.15) is 0 Å². The van der Waals surface area contributed by atoms with Gasteiger partial charge in [0.05, 0.1) is 6.04 Å². The van der Waals surface area contributed by atoms with E-state index in [2.05, 4.69) is 52.1 Å². The highest BCUT2D eigenvalue weighted by molar-refractivity contribution is 5.82. The highest BCUT2D eigenvalue weighted by atomic mass is 16.2. The van der Waals surface area contributed by atoms with E-state index in [4.69, 9.17) is 5.73 Å². The van der Waals surface area contributed by atoms with E-state index >= 15 is 0 Å². The van der Waals surface area contributed by atoms with Crippen molar-refractivity contribution in [3.05, 3.63) is 35.9 Å². The smallest absolute Gasteiger partial charge is 0.237 e. The lowest BCUT2D eigenvalue weighted by Gasteiger charge is -2.61. The molecule has 0 heterocycles. The largest absolute Gasteiger partial charge is 0.352 e. The Morgan fingerprint density at radius 1 is 0.923 bits per heavy atom. The Hall–Kier alpha value is -1.35. The summed E-state index contributed by atoms with van der Waals surface area (Å²) in [6.07, 6.45) is 17.0. The molecule has 0 bridgehead atoms. The fourth-order valence-electron chi connectivity index (χ4n) is 10.7. The van der Waals surface area contributed by atoms with Gasteiger partial charge in [-0.15, -0.1) is 0 Å². The summed E-state index contributed by atoms with van der Waals surface area (Å²) in [5, 5.41) is 3.38. The van der Waals surface area contributed by atoms with Gasteiger partial charge in [-0.25, -0.2) is 0 Å². The van der Waals surface area contributed by atoms with Crippen LogP contribution in [0.3, 0.4) is 0 Å². The molecule has 218 valence electrons. The molecule has 4 aliphatic carbocycles. The number of benzene rings is 1. The average Bonchev–Trinajstić information content (AvgIpc) is 3.26. The first-order chi connectivity index (χ1) is 18.6. The van der Waals surface area contributed by atoms with Crippen LogP contribution in [0.2, 0.25) is 0 Å². The van der Waals surface area contributed by atoms with Crippen LogP contribution in [-0.4, -0.2) is 18.0 Å². The fourth-order valence-corrected chi connectivity index (χ4v) is 10.7. The molecule has 4 aliphatic rings. The molecule has 0 radical (unpaired) electrons. The predicted octanol–water partition coefficient (Wildman–Crippen LogP) is 8.16. The molecule has 0 aliphatic heterocycles. The summed E-state index contributed by atoms with van der Waals surface area (Å²) in [5.74, 6) is 6.21. The maximum atomic E-state index is 13.0. The third-order valence-corrected chi connectivity index (χ3v) is 12.8. The van der Waals surface area contributed by atoms with Crippen LogP contribution in [0.1, 0.15) is 117 Å². The first kappa shape index (κ1) is 29.2. The highest BCUT2D eigenvalue weighted by Crippen LogP contribution is 2.68. The summed E-state index contributed by atoms with van der Waals surface area (Å²) in [5.41, 5.74) is 8.50. The summed E-state index contributed by atoms with van der Waals surface area (Å²) < 4.78 is 0. The van der Waals surface area contributed by atoms with E-state index < -0.39 is 6.04 Å². The SMILES string of the molecule is CC(C)CCC[C@@H](C)[C@H]1CC[C@H]2[C@@H]3CCC4CC(NC(=O)[C@@H](N)Cc5ccccc5)CC[C@]4(C)[C@H]3CC[C@]12C.